The second-order valence-electron chi connectivity index (χ2n) is 3.50. The topological polar surface area (TPSA) is 12.0 Å². The normalized spacial score (nSPS) is 12.1. The summed E-state index contributed by atoms with van der Waals surface area (Å²) in [5.74, 6) is 0. The molecule has 0 bridgehead atoms. The Labute approximate surface area is 101 Å². The molecule has 0 saturated carbocycles. The van der Waals surface area contributed by atoms with Crippen LogP contribution in [0.15, 0.2) is 17.0 Å². The van der Waals surface area contributed by atoms with Crippen LogP contribution in [0.3, 0.4) is 0 Å². The van der Waals surface area contributed by atoms with Gasteiger partial charge in [-0.25, -0.2) is 0 Å². The van der Waals surface area contributed by atoms with E-state index < -0.39 is 0 Å². The van der Waals surface area contributed by atoms with E-state index in [4.69, 9.17) is 11.6 Å². The molecule has 1 rings (SSSR count). The molecule has 0 spiro atoms. The zero-order chi connectivity index (χ0) is 11.1. The maximum Gasteiger partial charge on any atom is 0.0519 e. The molecule has 0 aliphatic rings. The lowest BCUT2D eigenvalue weighted by Gasteiger charge is -2.05. The molecular weight excluding hydrogens is 226 g/mol. The van der Waals surface area contributed by atoms with Gasteiger partial charge in [0, 0.05) is 16.8 Å². The molecule has 3 heteroatoms. The van der Waals surface area contributed by atoms with Crippen LogP contribution in [0.1, 0.15) is 31.6 Å². The highest BCUT2D eigenvalue weighted by molar-refractivity contribution is 7.11. The van der Waals surface area contributed by atoms with Crippen LogP contribution >= 0.6 is 22.9 Å². The number of halogens is 1. The van der Waals surface area contributed by atoms with E-state index in [9.17, 15) is 0 Å². The van der Waals surface area contributed by atoms with E-state index in [1.54, 1.807) is 11.3 Å². The summed E-state index contributed by atoms with van der Waals surface area (Å²) in [5.41, 5.74) is 1.43. The first-order chi connectivity index (χ1) is 7.26. The van der Waals surface area contributed by atoms with Crippen molar-refractivity contribution in [1.29, 1.82) is 0 Å². The molecule has 0 atom stereocenters. The second-order valence-corrected chi connectivity index (χ2v) is 4.88. The van der Waals surface area contributed by atoms with Gasteiger partial charge in [-0.1, -0.05) is 31.0 Å². The Hall–Kier alpha value is -0.310. The monoisotopic (exact) mass is 243 g/mol. The van der Waals surface area contributed by atoms with Gasteiger partial charge in [0.15, 0.2) is 0 Å². The molecule has 0 amide bonds. The molecule has 0 unspecified atom stereocenters. The van der Waals surface area contributed by atoms with Gasteiger partial charge >= 0.3 is 0 Å². The number of hydrogen-bond donors (Lipinski definition) is 1. The summed E-state index contributed by atoms with van der Waals surface area (Å²) in [6, 6.07) is 2.02. The maximum absolute atomic E-state index is 5.88. The quantitative estimate of drug-likeness (QED) is 0.739. The van der Waals surface area contributed by atoms with Crippen LogP contribution in [0.4, 0.5) is 0 Å². The predicted molar refractivity (Wildman–Crippen MR) is 70.8 cm³/mol. The van der Waals surface area contributed by atoms with Gasteiger partial charge in [0.05, 0.1) is 5.02 Å². The molecule has 15 heavy (non-hydrogen) atoms. The summed E-state index contributed by atoms with van der Waals surface area (Å²) in [4.78, 5) is 1.25. The molecule has 1 N–H and O–H groups in total. The first kappa shape index (κ1) is 12.8. The van der Waals surface area contributed by atoms with Crippen molar-refractivity contribution < 1.29 is 0 Å². The average molecular weight is 244 g/mol. The van der Waals surface area contributed by atoms with Gasteiger partial charge in [-0.05, 0) is 31.5 Å². The Morgan fingerprint density at radius 2 is 2.33 bits per heavy atom. The third-order valence-electron chi connectivity index (χ3n) is 2.17. The fraction of sp³-hybridized carbons (Fsp3) is 0.500. The Kier molecular flexibility index (Phi) is 5.99. The summed E-state index contributed by atoms with van der Waals surface area (Å²) in [5, 5.41) is 6.23. The zero-order valence-electron chi connectivity index (χ0n) is 9.35. The lowest BCUT2D eigenvalue weighted by molar-refractivity contribution is 0.706. The van der Waals surface area contributed by atoms with E-state index in [0.717, 1.165) is 24.5 Å². The van der Waals surface area contributed by atoms with Crippen molar-refractivity contribution in [3.05, 3.63) is 26.9 Å². The van der Waals surface area contributed by atoms with Gasteiger partial charge in [-0.3, -0.25) is 0 Å². The third-order valence-corrected chi connectivity index (χ3v) is 3.39. The van der Waals surface area contributed by atoms with Gasteiger partial charge in [-0.15, -0.1) is 11.3 Å². The summed E-state index contributed by atoms with van der Waals surface area (Å²) < 4.78 is 0. The molecule has 1 nitrogen and oxygen atoms in total. The van der Waals surface area contributed by atoms with Crippen LogP contribution < -0.4 is 5.32 Å². The molecule has 0 aliphatic heterocycles. The first-order valence-electron chi connectivity index (χ1n) is 5.40. The minimum atomic E-state index is 0.836. The number of hydrogen-bond acceptors (Lipinski definition) is 2. The van der Waals surface area contributed by atoms with Crippen molar-refractivity contribution in [2.45, 2.75) is 26.7 Å². The summed E-state index contributed by atoms with van der Waals surface area (Å²) in [6.07, 6.45) is 4.51. The van der Waals surface area contributed by atoms with Crippen molar-refractivity contribution in [1.82, 2.24) is 5.32 Å². The predicted octanol–water partition coefficient (Wildman–Crippen LogP) is 4.19. The van der Waals surface area contributed by atoms with Crippen molar-refractivity contribution in [3.63, 3.8) is 0 Å². The SMILES string of the molecule is CCCNCC(=Cc1cc(Cl)cs1)CC. The molecule has 1 aromatic rings. The maximum atomic E-state index is 5.88. The molecule has 0 aliphatic carbocycles. The second kappa shape index (κ2) is 7.04. The number of rotatable bonds is 6. The van der Waals surface area contributed by atoms with E-state index in [0.29, 0.717) is 0 Å². The van der Waals surface area contributed by atoms with E-state index in [-0.39, 0.29) is 0 Å². The molecule has 0 radical (unpaired) electrons. The van der Waals surface area contributed by atoms with Crippen LogP contribution in [0.2, 0.25) is 5.02 Å². The summed E-state index contributed by atoms with van der Waals surface area (Å²) in [7, 11) is 0. The van der Waals surface area contributed by atoms with Crippen LogP contribution in [-0.2, 0) is 0 Å². The van der Waals surface area contributed by atoms with Gasteiger partial charge in [-0.2, -0.15) is 0 Å². The zero-order valence-corrected chi connectivity index (χ0v) is 10.9. The molecule has 84 valence electrons. The van der Waals surface area contributed by atoms with Crippen LogP contribution in [0, 0.1) is 0 Å². The summed E-state index contributed by atoms with van der Waals surface area (Å²) in [6.45, 7) is 6.44. The van der Waals surface area contributed by atoms with Gasteiger partial charge < -0.3 is 5.32 Å². The van der Waals surface area contributed by atoms with E-state index in [1.807, 2.05) is 11.4 Å². The fourth-order valence-corrected chi connectivity index (χ4v) is 2.37. The minimum absolute atomic E-state index is 0.836. The number of nitrogens with one attached hydrogen (secondary N) is 1. The van der Waals surface area contributed by atoms with Crippen molar-refractivity contribution in [3.8, 4) is 0 Å². The molecule has 1 heterocycles. The Morgan fingerprint density at radius 3 is 2.87 bits per heavy atom. The lowest BCUT2D eigenvalue weighted by atomic mass is 10.2. The van der Waals surface area contributed by atoms with E-state index >= 15 is 0 Å². The lowest BCUT2D eigenvalue weighted by Crippen LogP contribution is -2.17. The molecular formula is C12H18ClNS. The molecule has 0 fully saturated rings. The highest BCUT2D eigenvalue weighted by atomic mass is 35.5. The highest BCUT2D eigenvalue weighted by Gasteiger charge is 1.97. The summed E-state index contributed by atoms with van der Waals surface area (Å²) >= 11 is 7.58. The van der Waals surface area contributed by atoms with Crippen LogP contribution in [-0.4, -0.2) is 13.1 Å². The van der Waals surface area contributed by atoms with Crippen molar-refractivity contribution in [2.75, 3.05) is 13.1 Å². The van der Waals surface area contributed by atoms with E-state index in [1.165, 1.54) is 16.9 Å². The first-order valence-corrected chi connectivity index (χ1v) is 6.66. The third kappa shape index (κ3) is 4.83. The van der Waals surface area contributed by atoms with Gasteiger partial charge in [0.1, 0.15) is 0 Å². The smallest absolute Gasteiger partial charge is 0.0519 e. The molecule has 0 saturated heterocycles. The van der Waals surface area contributed by atoms with Gasteiger partial charge in [0.2, 0.25) is 0 Å². The van der Waals surface area contributed by atoms with Gasteiger partial charge in [0.25, 0.3) is 0 Å². The Balaban J connectivity index is 2.53. The minimum Gasteiger partial charge on any atom is -0.313 e. The van der Waals surface area contributed by atoms with E-state index in [2.05, 4.69) is 25.2 Å². The molecule has 0 aromatic carbocycles. The largest absolute Gasteiger partial charge is 0.313 e. The standard InChI is InChI=1S/C12H18ClNS/c1-3-5-14-8-10(4-2)6-12-7-11(13)9-15-12/h6-7,9,14H,3-5,8H2,1-2H3. The van der Waals surface area contributed by atoms with Crippen molar-refractivity contribution in [2.24, 2.45) is 0 Å². The number of thiophene rings is 1. The average Bonchev–Trinajstić information content (AvgIpc) is 2.63. The highest BCUT2D eigenvalue weighted by Crippen LogP contribution is 2.22. The molecule has 1 aromatic heterocycles. The fourth-order valence-electron chi connectivity index (χ4n) is 1.31. The Bertz CT molecular complexity index is 317. The Morgan fingerprint density at radius 1 is 1.53 bits per heavy atom. The van der Waals surface area contributed by atoms with Crippen LogP contribution in [0.5, 0.6) is 0 Å². The van der Waals surface area contributed by atoms with Crippen molar-refractivity contribution >= 4 is 29.0 Å². The van der Waals surface area contributed by atoms with Crippen LogP contribution in [0.25, 0.3) is 6.08 Å².